The van der Waals surface area contributed by atoms with Crippen LogP contribution in [0.3, 0.4) is 0 Å². The molecule has 3 aromatic carbocycles. The number of aromatic nitrogens is 3. The smallest absolute Gasteiger partial charge is 0.304 e. The van der Waals surface area contributed by atoms with Crippen molar-refractivity contribution in [2.75, 3.05) is 6.54 Å². The number of hydrogen-bond acceptors (Lipinski definition) is 5. The number of benzene rings is 3. The second-order valence-corrected chi connectivity index (χ2v) is 8.11. The number of hydrogen-bond donors (Lipinski definition) is 2. The Balaban J connectivity index is 1.36. The van der Waals surface area contributed by atoms with Crippen LogP contribution in [0.5, 0.6) is 0 Å². The molecule has 0 saturated heterocycles. The molecule has 7 nitrogen and oxygen atoms in total. The summed E-state index contributed by atoms with van der Waals surface area (Å²) >= 11 is 0. The van der Waals surface area contributed by atoms with Gasteiger partial charge in [-0.05, 0) is 17.2 Å². The Morgan fingerprint density at radius 1 is 0.941 bits per heavy atom. The molecule has 7 heteroatoms. The van der Waals surface area contributed by atoms with Crippen molar-refractivity contribution in [3.8, 4) is 22.8 Å². The average molecular weight is 453 g/mol. The fraction of sp³-hybridized carbons (Fsp3) is 0.148. The van der Waals surface area contributed by atoms with E-state index in [0.29, 0.717) is 24.8 Å². The van der Waals surface area contributed by atoms with Gasteiger partial charge in [0.15, 0.2) is 0 Å². The standard InChI is InChI=1S/C27H24N4O3/c32-25(33)14-15-28-16-19-10-12-21(13-11-19)26-29-27(34-30-26)23-18-31(17-20-6-2-1-3-7-20)24-9-5-4-8-22(23)24/h1-13,18,28H,14-17H2,(H,32,33). The molecule has 0 atom stereocenters. The molecule has 0 aliphatic carbocycles. The quantitative estimate of drug-likeness (QED) is 0.307. The molecule has 2 heterocycles. The third-order valence-corrected chi connectivity index (χ3v) is 5.70. The summed E-state index contributed by atoms with van der Waals surface area (Å²) in [4.78, 5) is 15.3. The van der Waals surface area contributed by atoms with E-state index in [0.717, 1.165) is 34.1 Å². The van der Waals surface area contributed by atoms with Gasteiger partial charge in [0.05, 0.1) is 12.0 Å². The maximum atomic E-state index is 10.6. The third kappa shape index (κ3) is 4.74. The van der Waals surface area contributed by atoms with Crippen LogP contribution in [-0.4, -0.2) is 32.3 Å². The van der Waals surface area contributed by atoms with E-state index < -0.39 is 5.97 Å². The first-order valence-electron chi connectivity index (χ1n) is 11.1. The SMILES string of the molecule is O=C(O)CCNCc1ccc(-c2noc(-c3cn(Cc4ccccc4)c4ccccc34)n2)cc1. The predicted molar refractivity (Wildman–Crippen MR) is 130 cm³/mol. The third-order valence-electron chi connectivity index (χ3n) is 5.70. The minimum atomic E-state index is -0.807. The molecular weight excluding hydrogens is 428 g/mol. The Kier molecular flexibility index (Phi) is 6.18. The highest BCUT2D eigenvalue weighted by molar-refractivity contribution is 5.94. The monoisotopic (exact) mass is 452 g/mol. The van der Waals surface area contributed by atoms with Gasteiger partial charge < -0.3 is 19.5 Å². The highest BCUT2D eigenvalue weighted by atomic mass is 16.5. The van der Waals surface area contributed by atoms with Gasteiger partial charge >= 0.3 is 5.97 Å². The van der Waals surface area contributed by atoms with E-state index in [4.69, 9.17) is 9.63 Å². The predicted octanol–water partition coefficient (Wildman–Crippen LogP) is 4.97. The topological polar surface area (TPSA) is 93.2 Å². The largest absolute Gasteiger partial charge is 0.481 e. The van der Waals surface area contributed by atoms with Crippen molar-refractivity contribution in [1.29, 1.82) is 0 Å². The van der Waals surface area contributed by atoms with Crippen LogP contribution in [0.25, 0.3) is 33.7 Å². The van der Waals surface area contributed by atoms with Crippen LogP contribution >= 0.6 is 0 Å². The molecule has 0 spiro atoms. The van der Waals surface area contributed by atoms with Crippen molar-refractivity contribution < 1.29 is 14.4 Å². The van der Waals surface area contributed by atoms with Gasteiger partial charge in [-0.3, -0.25) is 4.79 Å². The minimum Gasteiger partial charge on any atom is -0.481 e. The summed E-state index contributed by atoms with van der Waals surface area (Å²) < 4.78 is 7.87. The van der Waals surface area contributed by atoms with Crippen LogP contribution < -0.4 is 5.32 Å². The van der Waals surface area contributed by atoms with E-state index >= 15 is 0 Å². The fourth-order valence-electron chi connectivity index (χ4n) is 3.98. The van der Waals surface area contributed by atoms with Crippen LogP contribution in [0.2, 0.25) is 0 Å². The van der Waals surface area contributed by atoms with E-state index in [1.54, 1.807) is 0 Å². The molecule has 5 rings (SSSR count). The molecular formula is C27H24N4O3. The zero-order valence-corrected chi connectivity index (χ0v) is 18.5. The van der Waals surface area contributed by atoms with Gasteiger partial charge in [0, 0.05) is 42.3 Å². The van der Waals surface area contributed by atoms with Crippen LogP contribution in [0.15, 0.2) is 89.6 Å². The van der Waals surface area contributed by atoms with Gasteiger partial charge in [0.1, 0.15) is 0 Å². The van der Waals surface area contributed by atoms with Gasteiger partial charge in [0.25, 0.3) is 5.89 Å². The summed E-state index contributed by atoms with van der Waals surface area (Å²) in [6.07, 6.45) is 2.17. The lowest BCUT2D eigenvalue weighted by Crippen LogP contribution is -2.17. The number of rotatable bonds is 9. The van der Waals surface area contributed by atoms with Crippen LogP contribution in [-0.2, 0) is 17.9 Å². The zero-order chi connectivity index (χ0) is 23.3. The molecule has 2 aromatic heterocycles. The Morgan fingerprint density at radius 2 is 1.71 bits per heavy atom. The fourth-order valence-corrected chi connectivity index (χ4v) is 3.98. The van der Waals surface area contributed by atoms with Gasteiger partial charge in [-0.1, -0.05) is 78.0 Å². The lowest BCUT2D eigenvalue weighted by Gasteiger charge is -2.05. The molecule has 0 aliphatic rings. The van der Waals surface area contributed by atoms with Crippen LogP contribution in [0.1, 0.15) is 17.5 Å². The Bertz CT molecular complexity index is 1410. The summed E-state index contributed by atoms with van der Waals surface area (Å²) in [6, 6.07) is 26.4. The summed E-state index contributed by atoms with van der Waals surface area (Å²) in [6.45, 7) is 1.79. The average Bonchev–Trinajstić information content (AvgIpc) is 3.48. The van der Waals surface area contributed by atoms with Crippen molar-refractivity contribution in [2.45, 2.75) is 19.5 Å². The molecule has 0 bridgehead atoms. The van der Waals surface area contributed by atoms with Crippen molar-refractivity contribution in [1.82, 2.24) is 20.0 Å². The first-order chi connectivity index (χ1) is 16.7. The van der Waals surface area contributed by atoms with Crippen LogP contribution in [0, 0.1) is 0 Å². The molecule has 5 aromatic rings. The van der Waals surface area contributed by atoms with Crippen molar-refractivity contribution in [2.24, 2.45) is 0 Å². The Labute approximate surface area is 196 Å². The zero-order valence-electron chi connectivity index (χ0n) is 18.5. The second kappa shape index (κ2) is 9.72. The second-order valence-electron chi connectivity index (χ2n) is 8.11. The highest BCUT2D eigenvalue weighted by Gasteiger charge is 2.17. The van der Waals surface area contributed by atoms with Crippen molar-refractivity contribution in [3.63, 3.8) is 0 Å². The van der Waals surface area contributed by atoms with Gasteiger partial charge in [-0.2, -0.15) is 4.98 Å². The summed E-state index contributed by atoms with van der Waals surface area (Å²) in [7, 11) is 0. The number of carbonyl (C=O) groups is 1. The number of nitrogens with one attached hydrogen (secondary N) is 1. The molecule has 0 radical (unpaired) electrons. The number of para-hydroxylation sites is 1. The van der Waals surface area contributed by atoms with Gasteiger partial charge in [-0.15, -0.1) is 0 Å². The molecule has 170 valence electrons. The number of nitrogens with zero attached hydrogens (tertiary/aromatic N) is 3. The van der Waals surface area contributed by atoms with E-state index in [9.17, 15) is 4.79 Å². The lowest BCUT2D eigenvalue weighted by molar-refractivity contribution is -0.136. The molecule has 0 saturated carbocycles. The number of aliphatic carboxylic acids is 1. The Hall–Kier alpha value is -4.23. The molecule has 0 amide bonds. The Morgan fingerprint density at radius 3 is 2.50 bits per heavy atom. The van der Waals surface area contributed by atoms with Gasteiger partial charge in [-0.25, -0.2) is 0 Å². The van der Waals surface area contributed by atoms with Crippen LogP contribution in [0.4, 0.5) is 0 Å². The minimum absolute atomic E-state index is 0.103. The summed E-state index contributed by atoms with van der Waals surface area (Å²) in [5.41, 5.74) is 5.16. The van der Waals surface area contributed by atoms with Gasteiger partial charge in [0.2, 0.25) is 5.82 Å². The van der Waals surface area contributed by atoms with E-state index in [-0.39, 0.29) is 6.42 Å². The van der Waals surface area contributed by atoms with Crippen molar-refractivity contribution in [3.05, 3.63) is 96.2 Å². The molecule has 0 aliphatic heterocycles. The van der Waals surface area contributed by atoms with E-state index in [1.165, 1.54) is 5.56 Å². The maximum Gasteiger partial charge on any atom is 0.304 e. The summed E-state index contributed by atoms with van der Waals surface area (Å²) in [5, 5.41) is 17.1. The number of carboxylic acids is 1. The molecule has 0 fully saturated rings. The number of carboxylic acid groups (broad SMARTS) is 1. The highest BCUT2D eigenvalue weighted by Crippen LogP contribution is 2.31. The maximum absolute atomic E-state index is 10.6. The number of fused-ring (bicyclic) bond motifs is 1. The first-order valence-corrected chi connectivity index (χ1v) is 11.1. The first kappa shape index (κ1) is 21.6. The normalized spacial score (nSPS) is 11.2. The lowest BCUT2D eigenvalue weighted by atomic mass is 10.1. The molecule has 34 heavy (non-hydrogen) atoms. The van der Waals surface area contributed by atoms with E-state index in [1.807, 2.05) is 54.6 Å². The van der Waals surface area contributed by atoms with E-state index in [2.05, 4.69) is 50.5 Å². The summed E-state index contributed by atoms with van der Waals surface area (Å²) in [5.74, 6) is 0.205. The molecule has 0 unspecified atom stereocenters. The molecule has 2 N–H and O–H groups in total. The van der Waals surface area contributed by atoms with Crippen molar-refractivity contribution >= 4 is 16.9 Å².